The van der Waals surface area contributed by atoms with Crippen LogP contribution in [0.4, 0.5) is 10.6 Å². The van der Waals surface area contributed by atoms with Crippen LogP contribution in [0, 0.1) is 0 Å². The van der Waals surface area contributed by atoms with Gasteiger partial charge in [-0.25, -0.2) is 14.8 Å². The maximum Gasteiger partial charge on any atom is 0.410 e. The largest absolute Gasteiger partial charge is 0.444 e. The Balaban J connectivity index is 2.15. The highest BCUT2D eigenvalue weighted by molar-refractivity contribution is 5.69. The number of likely N-dealkylation sites (tertiary alicyclic amines) is 1. The number of rotatable bonds is 1. The van der Waals surface area contributed by atoms with Crippen molar-refractivity contribution in [3.63, 3.8) is 0 Å². The lowest BCUT2D eigenvalue weighted by atomic mass is 10.2. The summed E-state index contributed by atoms with van der Waals surface area (Å²) in [5.41, 5.74) is 5.16. The molecule has 104 valence electrons. The molecular weight excluding hydrogens is 244 g/mol. The van der Waals surface area contributed by atoms with Gasteiger partial charge in [-0.3, -0.25) is 4.90 Å². The van der Waals surface area contributed by atoms with Crippen LogP contribution < -0.4 is 5.73 Å². The van der Waals surface area contributed by atoms with Crippen molar-refractivity contribution in [1.29, 1.82) is 0 Å². The number of ether oxygens (including phenoxy) is 1. The number of nitrogen functional groups attached to an aromatic ring is 1. The van der Waals surface area contributed by atoms with Crippen molar-refractivity contribution in [2.45, 2.75) is 45.3 Å². The smallest absolute Gasteiger partial charge is 0.410 e. The maximum absolute atomic E-state index is 12.1. The zero-order chi connectivity index (χ0) is 14.0. The van der Waals surface area contributed by atoms with Crippen LogP contribution in [0.3, 0.4) is 0 Å². The van der Waals surface area contributed by atoms with Crippen molar-refractivity contribution in [3.8, 4) is 0 Å². The predicted octanol–water partition coefficient (Wildman–Crippen LogP) is 2.13. The van der Waals surface area contributed by atoms with E-state index in [1.54, 1.807) is 17.2 Å². The van der Waals surface area contributed by atoms with Crippen LogP contribution in [-0.2, 0) is 4.74 Å². The van der Waals surface area contributed by atoms with Gasteiger partial charge in [0.2, 0.25) is 0 Å². The first-order valence-electron chi connectivity index (χ1n) is 6.45. The van der Waals surface area contributed by atoms with E-state index in [2.05, 4.69) is 9.97 Å². The van der Waals surface area contributed by atoms with Crippen molar-refractivity contribution in [2.24, 2.45) is 0 Å². The van der Waals surface area contributed by atoms with Crippen LogP contribution in [0.1, 0.15) is 45.5 Å². The number of amides is 1. The van der Waals surface area contributed by atoms with E-state index in [0.717, 1.165) is 12.8 Å². The van der Waals surface area contributed by atoms with E-state index in [0.29, 0.717) is 18.2 Å². The van der Waals surface area contributed by atoms with E-state index >= 15 is 0 Å². The number of nitrogens with two attached hydrogens (primary N) is 1. The van der Waals surface area contributed by atoms with Gasteiger partial charge in [0, 0.05) is 12.7 Å². The molecule has 0 radical (unpaired) electrons. The second-order valence-electron chi connectivity index (χ2n) is 5.67. The van der Waals surface area contributed by atoms with E-state index in [4.69, 9.17) is 10.5 Å². The molecule has 6 heteroatoms. The summed E-state index contributed by atoms with van der Waals surface area (Å²) in [6.07, 6.45) is 3.05. The zero-order valence-corrected chi connectivity index (χ0v) is 11.6. The summed E-state index contributed by atoms with van der Waals surface area (Å²) in [6, 6.07) is 1.49. The average molecular weight is 264 g/mol. The van der Waals surface area contributed by atoms with E-state index in [1.807, 2.05) is 20.8 Å². The van der Waals surface area contributed by atoms with Crippen LogP contribution in [0.15, 0.2) is 12.3 Å². The molecule has 0 bridgehead atoms. The third-order valence-electron chi connectivity index (χ3n) is 2.87. The van der Waals surface area contributed by atoms with E-state index in [-0.39, 0.29) is 12.1 Å². The van der Waals surface area contributed by atoms with Crippen LogP contribution >= 0.6 is 0 Å². The van der Waals surface area contributed by atoms with Gasteiger partial charge in [-0.1, -0.05) is 0 Å². The number of carbonyl (C=O) groups excluding carboxylic acids is 1. The van der Waals surface area contributed by atoms with Crippen molar-refractivity contribution < 1.29 is 9.53 Å². The molecule has 2 N–H and O–H groups in total. The second kappa shape index (κ2) is 5.03. The summed E-state index contributed by atoms with van der Waals surface area (Å²) >= 11 is 0. The van der Waals surface area contributed by atoms with Gasteiger partial charge < -0.3 is 10.5 Å². The molecule has 1 fully saturated rings. The van der Waals surface area contributed by atoms with Gasteiger partial charge in [-0.05, 0) is 39.7 Å². The van der Waals surface area contributed by atoms with Gasteiger partial charge in [0.05, 0.1) is 6.04 Å². The van der Waals surface area contributed by atoms with Gasteiger partial charge in [0.25, 0.3) is 0 Å². The third kappa shape index (κ3) is 3.33. The van der Waals surface area contributed by atoms with E-state index < -0.39 is 5.60 Å². The lowest BCUT2D eigenvalue weighted by Crippen LogP contribution is -2.36. The quantitative estimate of drug-likeness (QED) is 0.840. The maximum atomic E-state index is 12.1. The lowest BCUT2D eigenvalue weighted by Gasteiger charge is -2.27. The molecule has 19 heavy (non-hydrogen) atoms. The molecule has 0 spiro atoms. The fourth-order valence-corrected chi connectivity index (χ4v) is 2.12. The van der Waals surface area contributed by atoms with E-state index in [9.17, 15) is 4.79 Å². The van der Waals surface area contributed by atoms with Crippen molar-refractivity contribution in [3.05, 3.63) is 18.1 Å². The zero-order valence-electron chi connectivity index (χ0n) is 11.6. The molecule has 1 saturated heterocycles. The molecule has 0 aromatic carbocycles. The number of carbonyl (C=O) groups is 1. The molecule has 0 aliphatic carbocycles. The fourth-order valence-electron chi connectivity index (χ4n) is 2.12. The summed E-state index contributed by atoms with van der Waals surface area (Å²) < 4.78 is 5.40. The first-order chi connectivity index (χ1) is 8.87. The number of hydrogen-bond donors (Lipinski definition) is 1. The normalized spacial score (nSPS) is 19.5. The predicted molar refractivity (Wildman–Crippen MR) is 71.4 cm³/mol. The molecule has 1 aromatic heterocycles. The molecule has 1 amide bonds. The minimum Gasteiger partial charge on any atom is -0.444 e. The molecule has 1 aliphatic rings. The minimum atomic E-state index is -0.499. The highest BCUT2D eigenvalue weighted by Gasteiger charge is 2.34. The molecule has 6 nitrogen and oxygen atoms in total. The van der Waals surface area contributed by atoms with Gasteiger partial charge >= 0.3 is 6.09 Å². The standard InChI is InChI=1S/C13H20N4O2/c1-13(2,3)19-12(18)17-8-4-5-9(17)11-15-7-6-10(14)16-11/h6-7,9H,4-5,8H2,1-3H3,(H2,14,15,16). The summed E-state index contributed by atoms with van der Waals surface area (Å²) in [5.74, 6) is 1.00. The van der Waals surface area contributed by atoms with Gasteiger partial charge in [-0.15, -0.1) is 0 Å². The van der Waals surface area contributed by atoms with Crippen LogP contribution in [0.5, 0.6) is 0 Å². The Morgan fingerprint density at radius 1 is 1.53 bits per heavy atom. The van der Waals surface area contributed by atoms with E-state index in [1.165, 1.54) is 0 Å². The summed E-state index contributed by atoms with van der Waals surface area (Å²) in [4.78, 5) is 22.2. The first-order valence-corrected chi connectivity index (χ1v) is 6.45. The van der Waals surface area contributed by atoms with Crippen LogP contribution in [0.25, 0.3) is 0 Å². The number of aromatic nitrogens is 2. The van der Waals surface area contributed by atoms with Crippen molar-refractivity contribution in [2.75, 3.05) is 12.3 Å². The van der Waals surface area contributed by atoms with Gasteiger partial charge in [0.15, 0.2) is 5.82 Å². The van der Waals surface area contributed by atoms with Gasteiger partial charge in [-0.2, -0.15) is 0 Å². The molecule has 1 atom stereocenters. The molecular formula is C13H20N4O2. The SMILES string of the molecule is CC(C)(C)OC(=O)N1CCCC1c1nccc(N)n1. The Bertz CT molecular complexity index is 470. The Hall–Kier alpha value is -1.85. The Kier molecular flexibility index (Phi) is 3.59. The van der Waals surface area contributed by atoms with Gasteiger partial charge in [0.1, 0.15) is 11.4 Å². The number of nitrogens with zero attached hydrogens (tertiary/aromatic N) is 3. The summed E-state index contributed by atoms with van der Waals surface area (Å²) in [6.45, 7) is 6.23. The molecule has 0 saturated carbocycles. The van der Waals surface area contributed by atoms with Crippen LogP contribution in [-0.4, -0.2) is 33.1 Å². The number of hydrogen-bond acceptors (Lipinski definition) is 5. The van der Waals surface area contributed by atoms with Crippen molar-refractivity contribution >= 4 is 11.9 Å². The highest BCUT2D eigenvalue weighted by atomic mass is 16.6. The Labute approximate surface area is 113 Å². The Morgan fingerprint density at radius 2 is 2.26 bits per heavy atom. The molecule has 2 rings (SSSR count). The first kappa shape index (κ1) is 13.6. The third-order valence-corrected chi connectivity index (χ3v) is 2.87. The lowest BCUT2D eigenvalue weighted by molar-refractivity contribution is 0.0218. The minimum absolute atomic E-state index is 0.140. The summed E-state index contributed by atoms with van der Waals surface area (Å²) in [7, 11) is 0. The monoisotopic (exact) mass is 264 g/mol. The van der Waals surface area contributed by atoms with Crippen LogP contribution in [0.2, 0.25) is 0 Å². The fraction of sp³-hybridized carbons (Fsp3) is 0.615. The molecule has 2 heterocycles. The Morgan fingerprint density at radius 3 is 2.89 bits per heavy atom. The second-order valence-corrected chi connectivity index (χ2v) is 5.67. The molecule has 1 unspecified atom stereocenters. The topological polar surface area (TPSA) is 81.3 Å². The molecule has 1 aromatic rings. The highest BCUT2D eigenvalue weighted by Crippen LogP contribution is 2.31. The van der Waals surface area contributed by atoms with Crippen molar-refractivity contribution in [1.82, 2.24) is 14.9 Å². The molecule has 1 aliphatic heterocycles. The average Bonchev–Trinajstić information content (AvgIpc) is 2.75. The number of anilines is 1. The summed E-state index contributed by atoms with van der Waals surface area (Å²) in [5, 5.41) is 0.